The largest absolute Gasteiger partial charge is 0.474 e. The highest BCUT2D eigenvalue weighted by Gasteiger charge is 2.26. The van der Waals surface area contributed by atoms with Crippen LogP contribution in [0.15, 0.2) is 6.07 Å². The van der Waals surface area contributed by atoms with E-state index in [-0.39, 0.29) is 12.1 Å². The lowest BCUT2D eigenvalue weighted by Crippen LogP contribution is -2.29. The monoisotopic (exact) mass is 251 g/mol. The Morgan fingerprint density at radius 3 is 2.72 bits per heavy atom. The second-order valence-electron chi connectivity index (χ2n) is 5.10. The minimum absolute atomic E-state index is 0.165. The first-order chi connectivity index (χ1) is 8.58. The number of anilines is 2. The number of hydrogen-bond acceptors (Lipinski definition) is 6. The summed E-state index contributed by atoms with van der Waals surface area (Å²) in [4.78, 5) is 7.99. The molecule has 2 rings (SSSR count). The topological polar surface area (TPSA) is 99.1 Å². The minimum Gasteiger partial charge on any atom is -0.474 e. The molecule has 0 saturated heterocycles. The number of nitrogens with two attached hydrogens (primary N) is 2. The number of hydrogen-bond donors (Lipinski definition) is 3. The van der Waals surface area contributed by atoms with Gasteiger partial charge in [-0.25, -0.2) is 5.84 Å². The van der Waals surface area contributed by atoms with Crippen LogP contribution in [0.25, 0.3) is 0 Å². The van der Waals surface area contributed by atoms with Gasteiger partial charge in [-0.15, -0.1) is 0 Å². The van der Waals surface area contributed by atoms with E-state index >= 15 is 0 Å². The zero-order chi connectivity index (χ0) is 13.1. The molecule has 0 bridgehead atoms. The molecule has 100 valence electrons. The highest BCUT2D eigenvalue weighted by atomic mass is 16.5. The summed E-state index contributed by atoms with van der Waals surface area (Å²) in [6, 6.07) is 1.67. The van der Waals surface area contributed by atoms with Gasteiger partial charge in [-0.3, -0.25) is 0 Å². The van der Waals surface area contributed by atoms with Crippen LogP contribution in [0.5, 0.6) is 5.88 Å². The third-order valence-corrected chi connectivity index (χ3v) is 3.71. The van der Waals surface area contributed by atoms with Crippen molar-refractivity contribution in [2.45, 2.75) is 39.2 Å². The Morgan fingerprint density at radius 2 is 2.06 bits per heavy atom. The molecule has 0 aromatic carbocycles. The van der Waals surface area contributed by atoms with E-state index in [4.69, 9.17) is 16.3 Å². The van der Waals surface area contributed by atoms with E-state index in [2.05, 4.69) is 29.2 Å². The second kappa shape index (κ2) is 5.39. The predicted octanol–water partition coefficient (Wildman–Crippen LogP) is 1.55. The van der Waals surface area contributed by atoms with Gasteiger partial charge in [-0.05, 0) is 31.1 Å². The fourth-order valence-electron chi connectivity index (χ4n) is 2.35. The first-order valence-corrected chi connectivity index (χ1v) is 6.36. The summed E-state index contributed by atoms with van der Waals surface area (Å²) < 4.78 is 5.87. The van der Waals surface area contributed by atoms with Gasteiger partial charge in [0.15, 0.2) is 0 Å². The summed E-state index contributed by atoms with van der Waals surface area (Å²) in [5.74, 6) is 7.87. The van der Waals surface area contributed by atoms with Crippen LogP contribution >= 0.6 is 0 Å². The van der Waals surface area contributed by atoms with Gasteiger partial charge in [0.05, 0.1) is 0 Å². The Kier molecular flexibility index (Phi) is 3.86. The number of nitrogens with zero attached hydrogens (tertiary/aromatic N) is 2. The van der Waals surface area contributed by atoms with Crippen LogP contribution in [0.2, 0.25) is 0 Å². The van der Waals surface area contributed by atoms with Crippen LogP contribution < -0.4 is 21.7 Å². The molecule has 3 atom stereocenters. The first-order valence-electron chi connectivity index (χ1n) is 6.36. The molecule has 1 fully saturated rings. The van der Waals surface area contributed by atoms with E-state index in [0.717, 1.165) is 18.8 Å². The molecule has 3 unspecified atom stereocenters. The predicted molar refractivity (Wildman–Crippen MR) is 70.8 cm³/mol. The molecule has 5 N–H and O–H groups in total. The molecule has 0 amide bonds. The molecule has 1 aromatic rings. The number of nitrogen functional groups attached to an aromatic ring is 2. The number of hydrazine groups is 1. The SMILES string of the molecule is CC1CCC(Oc2cc(NN)nc(N)n2)CC1C. The van der Waals surface area contributed by atoms with Crippen LogP contribution in [0, 0.1) is 11.8 Å². The Balaban J connectivity index is 2.03. The van der Waals surface area contributed by atoms with Crippen molar-refractivity contribution in [3.8, 4) is 5.88 Å². The molecular formula is C12H21N5O. The van der Waals surface area contributed by atoms with Crippen LogP contribution in [0.1, 0.15) is 33.1 Å². The Hall–Kier alpha value is -1.56. The quantitative estimate of drug-likeness (QED) is 0.557. The average Bonchev–Trinajstić information content (AvgIpc) is 2.33. The molecule has 0 spiro atoms. The van der Waals surface area contributed by atoms with Gasteiger partial charge in [0, 0.05) is 6.07 Å². The third kappa shape index (κ3) is 3.01. The Labute approximate surface area is 107 Å². The number of rotatable bonds is 3. The maximum atomic E-state index is 5.87. The van der Waals surface area contributed by atoms with Gasteiger partial charge < -0.3 is 15.9 Å². The van der Waals surface area contributed by atoms with Crippen LogP contribution in [0.4, 0.5) is 11.8 Å². The van der Waals surface area contributed by atoms with Crippen molar-refractivity contribution in [3.63, 3.8) is 0 Å². The van der Waals surface area contributed by atoms with Crippen molar-refractivity contribution < 1.29 is 4.74 Å². The summed E-state index contributed by atoms with van der Waals surface area (Å²) in [5, 5.41) is 0. The highest BCUT2D eigenvalue weighted by Crippen LogP contribution is 2.31. The molecule has 0 radical (unpaired) electrons. The van der Waals surface area contributed by atoms with Gasteiger partial charge in [-0.2, -0.15) is 9.97 Å². The number of nitrogens with one attached hydrogen (secondary N) is 1. The second-order valence-corrected chi connectivity index (χ2v) is 5.10. The highest BCUT2D eigenvalue weighted by molar-refractivity contribution is 5.41. The molecule has 6 heteroatoms. The van der Waals surface area contributed by atoms with Gasteiger partial charge in [-0.1, -0.05) is 13.8 Å². The zero-order valence-corrected chi connectivity index (χ0v) is 10.9. The van der Waals surface area contributed by atoms with E-state index in [1.165, 1.54) is 6.42 Å². The standard InChI is InChI=1S/C12H21N5O/c1-7-3-4-9(5-8(7)2)18-11-6-10(17-14)15-12(13)16-11/h6-9H,3-5,14H2,1-2H3,(H3,13,15,16,17). The van der Waals surface area contributed by atoms with Gasteiger partial charge >= 0.3 is 0 Å². The Morgan fingerprint density at radius 1 is 1.28 bits per heavy atom. The van der Waals surface area contributed by atoms with Crippen molar-refractivity contribution in [1.29, 1.82) is 0 Å². The van der Waals surface area contributed by atoms with Crippen molar-refractivity contribution in [1.82, 2.24) is 9.97 Å². The molecule has 1 heterocycles. The lowest BCUT2D eigenvalue weighted by atomic mass is 9.80. The lowest BCUT2D eigenvalue weighted by Gasteiger charge is -2.31. The average molecular weight is 251 g/mol. The minimum atomic E-state index is 0.165. The normalized spacial score (nSPS) is 27.8. The Bertz CT molecular complexity index is 411. The van der Waals surface area contributed by atoms with Crippen LogP contribution in [0.3, 0.4) is 0 Å². The fraction of sp³-hybridized carbons (Fsp3) is 0.667. The van der Waals surface area contributed by atoms with E-state index in [1.54, 1.807) is 6.07 Å². The van der Waals surface area contributed by atoms with E-state index in [0.29, 0.717) is 17.6 Å². The maximum Gasteiger partial charge on any atom is 0.225 e. The number of ether oxygens (including phenoxy) is 1. The molecule has 18 heavy (non-hydrogen) atoms. The summed E-state index contributed by atoms with van der Waals surface area (Å²) in [6.07, 6.45) is 3.50. The summed E-state index contributed by atoms with van der Waals surface area (Å²) in [6.45, 7) is 4.56. The molecule has 1 aliphatic rings. The summed E-state index contributed by atoms with van der Waals surface area (Å²) in [7, 11) is 0. The van der Waals surface area contributed by atoms with Crippen molar-refractivity contribution in [2.75, 3.05) is 11.2 Å². The maximum absolute atomic E-state index is 5.87. The van der Waals surface area contributed by atoms with E-state index < -0.39 is 0 Å². The summed E-state index contributed by atoms with van der Waals surface area (Å²) >= 11 is 0. The molecule has 0 aliphatic heterocycles. The fourth-order valence-corrected chi connectivity index (χ4v) is 2.35. The zero-order valence-electron chi connectivity index (χ0n) is 10.9. The van der Waals surface area contributed by atoms with Crippen LogP contribution in [-0.2, 0) is 0 Å². The van der Waals surface area contributed by atoms with E-state index in [1.807, 2.05) is 0 Å². The van der Waals surface area contributed by atoms with Gasteiger partial charge in [0.25, 0.3) is 0 Å². The lowest BCUT2D eigenvalue weighted by molar-refractivity contribution is 0.0965. The van der Waals surface area contributed by atoms with Crippen molar-refractivity contribution >= 4 is 11.8 Å². The number of aromatic nitrogens is 2. The summed E-state index contributed by atoms with van der Waals surface area (Å²) in [5.41, 5.74) is 8.04. The molecular weight excluding hydrogens is 230 g/mol. The van der Waals surface area contributed by atoms with Crippen LogP contribution in [-0.4, -0.2) is 16.1 Å². The van der Waals surface area contributed by atoms with Gasteiger partial charge in [0.1, 0.15) is 11.9 Å². The molecule has 1 aliphatic carbocycles. The molecule has 6 nitrogen and oxygen atoms in total. The van der Waals surface area contributed by atoms with Crippen molar-refractivity contribution in [2.24, 2.45) is 17.7 Å². The molecule has 1 aromatic heterocycles. The van der Waals surface area contributed by atoms with Gasteiger partial charge in [0.2, 0.25) is 11.8 Å². The third-order valence-electron chi connectivity index (χ3n) is 3.71. The first kappa shape index (κ1) is 12.9. The van der Waals surface area contributed by atoms with E-state index in [9.17, 15) is 0 Å². The molecule has 1 saturated carbocycles. The smallest absolute Gasteiger partial charge is 0.225 e. The van der Waals surface area contributed by atoms with Crippen molar-refractivity contribution in [3.05, 3.63) is 6.07 Å².